The molecule has 0 radical (unpaired) electrons. The van der Waals surface area contributed by atoms with Crippen LogP contribution in [-0.4, -0.2) is 64.4 Å². The number of carbonyl (C=O) groups excluding carboxylic acids is 3. The Kier molecular flexibility index (Phi) is 6.03. The van der Waals surface area contributed by atoms with Crippen LogP contribution in [-0.2, 0) is 33.2 Å². The number of rotatable bonds is 3. The van der Waals surface area contributed by atoms with E-state index >= 15 is 0 Å². The molecule has 0 aliphatic carbocycles. The Morgan fingerprint density at radius 3 is 1.67 bits per heavy atom. The highest BCUT2D eigenvalue weighted by Gasteiger charge is 2.50. The van der Waals surface area contributed by atoms with Gasteiger partial charge in [0.1, 0.15) is 6.10 Å². The zero-order valence-corrected chi connectivity index (χ0v) is 11.9. The van der Waals surface area contributed by atoms with E-state index in [1.807, 2.05) is 0 Å². The first-order valence-corrected chi connectivity index (χ1v) is 5.82. The molecule has 120 valence electrons. The van der Waals surface area contributed by atoms with E-state index in [1.54, 1.807) is 0 Å². The summed E-state index contributed by atoms with van der Waals surface area (Å²) in [4.78, 5) is 33.6. The molecule has 1 fully saturated rings. The van der Waals surface area contributed by atoms with Crippen molar-refractivity contribution in [3.8, 4) is 0 Å². The van der Waals surface area contributed by atoms with E-state index in [0.29, 0.717) is 0 Å². The molecule has 0 amide bonds. The van der Waals surface area contributed by atoms with E-state index in [-0.39, 0.29) is 0 Å². The molecule has 1 aliphatic rings. The summed E-state index contributed by atoms with van der Waals surface area (Å²) in [6.07, 6.45) is -7.45. The summed E-state index contributed by atoms with van der Waals surface area (Å²) < 4.78 is 32.9. The smallest absolute Gasteiger partial charge is 0.438 e. The molecule has 0 bridgehead atoms. The lowest BCUT2D eigenvalue weighted by Crippen LogP contribution is -2.41. The van der Waals surface area contributed by atoms with Crippen LogP contribution in [0.2, 0.25) is 0 Å². The summed E-state index contributed by atoms with van der Waals surface area (Å²) >= 11 is 0. The Morgan fingerprint density at radius 1 is 0.762 bits per heavy atom. The van der Waals surface area contributed by atoms with Crippen LogP contribution in [0.15, 0.2) is 0 Å². The summed E-state index contributed by atoms with van der Waals surface area (Å²) in [5.74, 6) is 0. The van der Waals surface area contributed by atoms with Crippen molar-refractivity contribution in [2.75, 3.05) is 21.3 Å². The number of ether oxygens (including phenoxy) is 7. The minimum absolute atomic E-state index is 0.728. The van der Waals surface area contributed by atoms with Crippen molar-refractivity contribution in [2.45, 2.75) is 31.5 Å². The van der Waals surface area contributed by atoms with Crippen molar-refractivity contribution >= 4 is 18.5 Å². The van der Waals surface area contributed by atoms with Gasteiger partial charge in [0.15, 0.2) is 6.10 Å². The second-order valence-electron chi connectivity index (χ2n) is 3.85. The van der Waals surface area contributed by atoms with Gasteiger partial charge >= 0.3 is 18.5 Å². The molecular formula is C11H16O10. The van der Waals surface area contributed by atoms with Crippen LogP contribution < -0.4 is 0 Å². The Balaban J connectivity index is 2.85. The summed E-state index contributed by atoms with van der Waals surface area (Å²) in [5, 5.41) is 0. The molecule has 21 heavy (non-hydrogen) atoms. The maximum absolute atomic E-state index is 11.2. The number of hydrogen-bond acceptors (Lipinski definition) is 10. The molecule has 0 saturated carbocycles. The topological polar surface area (TPSA) is 116 Å². The van der Waals surface area contributed by atoms with Gasteiger partial charge in [-0.2, -0.15) is 0 Å². The molecule has 10 nitrogen and oxygen atoms in total. The molecule has 0 N–H and O–H groups in total. The highest BCUT2D eigenvalue weighted by molar-refractivity contribution is 5.62. The molecule has 1 heterocycles. The van der Waals surface area contributed by atoms with Gasteiger partial charge in [-0.1, -0.05) is 0 Å². The van der Waals surface area contributed by atoms with Gasteiger partial charge in [-0.05, 0) is 6.92 Å². The summed E-state index contributed by atoms with van der Waals surface area (Å²) in [6.45, 7) is 1.53. The quantitative estimate of drug-likeness (QED) is 0.547. The van der Waals surface area contributed by atoms with Gasteiger partial charge in [0.2, 0.25) is 12.4 Å². The summed E-state index contributed by atoms with van der Waals surface area (Å²) in [7, 11) is 3.30. The van der Waals surface area contributed by atoms with E-state index in [0.717, 1.165) is 21.3 Å². The van der Waals surface area contributed by atoms with Gasteiger partial charge in [-0.25, -0.2) is 14.4 Å². The zero-order valence-electron chi connectivity index (χ0n) is 11.9. The standard InChI is InChI=1S/C11H16O10/c1-5-6(19-9(12)15-2)7(20-10(13)16-3)8(18-5)21-11(14)17-4/h5-8H,1-4H3/t5-,6-,7-,8?/m1/s1. The molecule has 1 aliphatic heterocycles. The van der Waals surface area contributed by atoms with E-state index in [9.17, 15) is 14.4 Å². The average Bonchev–Trinajstić information content (AvgIpc) is 2.74. The monoisotopic (exact) mass is 308 g/mol. The van der Waals surface area contributed by atoms with Crippen molar-refractivity contribution in [1.29, 1.82) is 0 Å². The van der Waals surface area contributed by atoms with Gasteiger partial charge in [-0.15, -0.1) is 0 Å². The Labute approximate surface area is 120 Å². The van der Waals surface area contributed by atoms with Crippen LogP contribution in [0.1, 0.15) is 6.92 Å². The minimum Gasteiger partial charge on any atom is -0.438 e. The van der Waals surface area contributed by atoms with Crippen molar-refractivity contribution in [1.82, 2.24) is 0 Å². The second kappa shape index (κ2) is 7.53. The predicted octanol–water partition coefficient (Wildman–Crippen LogP) is 0.817. The van der Waals surface area contributed by atoms with Gasteiger partial charge in [0, 0.05) is 0 Å². The Hall–Kier alpha value is -2.23. The largest absolute Gasteiger partial charge is 0.510 e. The summed E-state index contributed by atoms with van der Waals surface area (Å²) in [6, 6.07) is 0. The molecule has 4 atom stereocenters. The molecule has 10 heteroatoms. The third-order valence-corrected chi connectivity index (χ3v) is 2.58. The second-order valence-corrected chi connectivity index (χ2v) is 3.85. The first-order chi connectivity index (χ1) is 9.92. The normalized spacial score (nSPS) is 27.4. The number of carbonyl (C=O) groups is 3. The first kappa shape index (κ1) is 16.8. The van der Waals surface area contributed by atoms with E-state index in [4.69, 9.17) is 18.9 Å². The predicted molar refractivity (Wildman–Crippen MR) is 62.4 cm³/mol. The average molecular weight is 308 g/mol. The maximum atomic E-state index is 11.2. The number of methoxy groups -OCH3 is 3. The number of hydrogen-bond donors (Lipinski definition) is 0. The minimum atomic E-state index is -1.32. The van der Waals surface area contributed by atoms with Crippen LogP contribution in [0.3, 0.4) is 0 Å². The molecular weight excluding hydrogens is 292 g/mol. The fourth-order valence-corrected chi connectivity index (χ4v) is 1.63. The van der Waals surface area contributed by atoms with Crippen LogP contribution in [0.25, 0.3) is 0 Å². The molecule has 0 aromatic carbocycles. The summed E-state index contributed by atoms with van der Waals surface area (Å²) in [5.41, 5.74) is 0. The van der Waals surface area contributed by atoms with Crippen LogP contribution in [0.5, 0.6) is 0 Å². The molecule has 1 unspecified atom stereocenters. The maximum Gasteiger partial charge on any atom is 0.510 e. The zero-order chi connectivity index (χ0) is 16.0. The highest BCUT2D eigenvalue weighted by atomic mass is 16.8. The lowest BCUT2D eigenvalue weighted by atomic mass is 10.1. The van der Waals surface area contributed by atoms with Crippen molar-refractivity contribution in [3.63, 3.8) is 0 Å². The van der Waals surface area contributed by atoms with Crippen molar-refractivity contribution in [2.24, 2.45) is 0 Å². The third-order valence-electron chi connectivity index (χ3n) is 2.58. The Bertz CT molecular complexity index is 394. The van der Waals surface area contributed by atoms with Gasteiger partial charge < -0.3 is 33.2 Å². The van der Waals surface area contributed by atoms with Crippen LogP contribution >= 0.6 is 0 Å². The lowest BCUT2D eigenvalue weighted by Gasteiger charge is -2.21. The Morgan fingerprint density at radius 2 is 1.19 bits per heavy atom. The van der Waals surface area contributed by atoms with E-state index in [2.05, 4.69) is 14.2 Å². The molecule has 0 spiro atoms. The molecule has 1 saturated heterocycles. The molecule has 0 aromatic rings. The first-order valence-electron chi connectivity index (χ1n) is 5.82. The fourth-order valence-electron chi connectivity index (χ4n) is 1.63. The fraction of sp³-hybridized carbons (Fsp3) is 0.727. The van der Waals surface area contributed by atoms with E-state index in [1.165, 1.54) is 6.92 Å². The van der Waals surface area contributed by atoms with Gasteiger partial charge in [0.25, 0.3) is 0 Å². The van der Waals surface area contributed by atoms with Gasteiger partial charge in [-0.3, -0.25) is 0 Å². The third kappa shape index (κ3) is 4.38. The molecule has 0 aromatic heterocycles. The highest BCUT2D eigenvalue weighted by Crippen LogP contribution is 2.28. The van der Waals surface area contributed by atoms with Gasteiger partial charge in [0.05, 0.1) is 21.3 Å². The van der Waals surface area contributed by atoms with Crippen molar-refractivity contribution < 1.29 is 47.5 Å². The van der Waals surface area contributed by atoms with Crippen LogP contribution in [0, 0.1) is 0 Å². The van der Waals surface area contributed by atoms with Crippen molar-refractivity contribution in [3.05, 3.63) is 0 Å². The van der Waals surface area contributed by atoms with Crippen LogP contribution in [0.4, 0.5) is 14.4 Å². The SMILES string of the molecule is COC(=O)OC1O[C@H](C)[C@@H](OC(=O)OC)[C@H]1OC(=O)OC. The lowest BCUT2D eigenvalue weighted by molar-refractivity contribution is -0.145. The molecule has 1 rings (SSSR count). The van der Waals surface area contributed by atoms with E-state index < -0.39 is 43.1 Å².